The van der Waals surface area contributed by atoms with Crippen LogP contribution in [0.25, 0.3) is 0 Å². The zero-order valence-corrected chi connectivity index (χ0v) is 11.9. The number of benzene rings is 2. The van der Waals surface area contributed by atoms with Crippen molar-refractivity contribution in [1.82, 2.24) is 0 Å². The lowest BCUT2D eigenvalue weighted by atomic mass is 10.2. The summed E-state index contributed by atoms with van der Waals surface area (Å²) < 4.78 is 13.7. The molecule has 0 aliphatic heterocycles. The summed E-state index contributed by atoms with van der Waals surface area (Å²) in [5.74, 6) is -0.880. The van der Waals surface area contributed by atoms with E-state index in [1.165, 1.54) is 18.2 Å². The number of rotatable bonds is 2. The lowest BCUT2D eigenvalue weighted by molar-refractivity contribution is 0.102. The van der Waals surface area contributed by atoms with Crippen molar-refractivity contribution in [2.45, 2.75) is 0 Å². The van der Waals surface area contributed by atoms with Gasteiger partial charge in [-0.05, 0) is 52.3 Å². The molecule has 1 amide bonds. The van der Waals surface area contributed by atoms with Crippen molar-refractivity contribution in [2.75, 3.05) is 11.1 Å². The summed E-state index contributed by atoms with van der Waals surface area (Å²) in [6.07, 6.45) is 0. The fourth-order valence-corrected chi connectivity index (χ4v) is 1.89. The molecule has 0 aromatic heterocycles. The van der Waals surface area contributed by atoms with Crippen molar-refractivity contribution in [3.8, 4) is 0 Å². The third-order valence-corrected chi connectivity index (χ3v) is 3.45. The largest absolute Gasteiger partial charge is 0.398 e. The van der Waals surface area contributed by atoms with Crippen LogP contribution in [0.5, 0.6) is 0 Å². The Labute approximate surface area is 122 Å². The van der Waals surface area contributed by atoms with Crippen LogP contribution in [0, 0.1) is 5.82 Å². The van der Waals surface area contributed by atoms with Gasteiger partial charge in [0, 0.05) is 21.4 Å². The Morgan fingerprint density at radius 3 is 2.63 bits per heavy atom. The Balaban J connectivity index is 2.20. The summed E-state index contributed by atoms with van der Waals surface area (Å²) in [5.41, 5.74) is 6.98. The number of carbonyl (C=O) groups is 1. The van der Waals surface area contributed by atoms with Crippen molar-refractivity contribution in [2.24, 2.45) is 0 Å². The van der Waals surface area contributed by atoms with Gasteiger partial charge in [-0.3, -0.25) is 4.79 Å². The van der Waals surface area contributed by atoms with Gasteiger partial charge in [-0.2, -0.15) is 0 Å². The highest BCUT2D eigenvalue weighted by atomic mass is 79.9. The van der Waals surface area contributed by atoms with Gasteiger partial charge in [0.25, 0.3) is 5.91 Å². The first-order valence-corrected chi connectivity index (χ1v) is 6.46. The quantitative estimate of drug-likeness (QED) is 0.807. The van der Waals surface area contributed by atoms with Crippen molar-refractivity contribution < 1.29 is 9.18 Å². The van der Waals surface area contributed by atoms with E-state index in [-0.39, 0.29) is 10.9 Å². The van der Waals surface area contributed by atoms with Gasteiger partial charge in [-0.1, -0.05) is 11.6 Å². The average Bonchev–Trinajstić information content (AvgIpc) is 2.37. The van der Waals surface area contributed by atoms with Gasteiger partial charge in [0.15, 0.2) is 0 Å². The summed E-state index contributed by atoms with van der Waals surface area (Å²) in [7, 11) is 0. The Morgan fingerprint density at radius 1 is 1.26 bits per heavy atom. The normalized spacial score (nSPS) is 10.3. The molecule has 0 radical (unpaired) electrons. The van der Waals surface area contributed by atoms with E-state index in [0.717, 1.165) is 0 Å². The molecule has 0 spiro atoms. The summed E-state index contributed by atoms with van der Waals surface area (Å²) in [4.78, 5) is 12.0. The van der Waals surface area contributed by atoms with Gasteiger partial charge >= 0.3 is 0 Å². The van der Waals surface area contributed by atoms with Crippen LogP contribution in [0.15, 0.2) is 40.9 Å². The number of amides is 1. The molecule has 2 rings (SSSR count). The van der Waals surface area contributed by atoms with E-state index in [0.29, 0.717) is 21.4 Å². The average molecular weight is 344 g/mol. The van der Waals surface area contributed by atoms with Crippen LogP contribution < -0.4 is 11.1 Å². The van der Waals surface area contributed by atoms with E-state index in [2.05, 4.69) is 21.2 Å². The van der Waals surface area contributed by atoms with Crippen LogP contribution in [-0.4, -0.2) is 5.91 Å². The molecule has 19 heavy (non-hydrogen) atoms. The van der Waals surface area contributed by atoms with Crippen LogP contribution in [-0.2, 0) is 0 Å². The molecule has 3 nitrogen and oxygen atoms in total. The molecule has 0 aliphatic rings. The zero-order chi connectivity index (χ0) is 14.0. The van der Waals surface area contributed by atoms with Crippen LogP contribution in [0.3, 0.4) is 0 Å². The maximum atomic E-state index is 13.0. The van der Waals surface area contributed by atoms with Crippen molar-refractivity contribution in [1.29, 1.82) is 0 Å². The number of halogens is 3. The number of carbonyl (C=O) groups excluding carboxylic acids is 1. The molecule has 0 aliphatic carbocycles. The molecule has 98 valence electrons. The highest BCUT2D eigenvalue weighted by Gasteiger charge is 2.09. The third-order valence-electron chi connectivity index (χ3n) is 2.44. The molecular weight excluding hydrogens is 335 g/mol. The van der Waals surface area contributed by atoms with Crippen LogP contribution in [0.4, 0.5) is 15.8 Å². The summed E-state index contributed by atoms with van der Waals surface area (Å²) >= 11 is 8.88. The van der Waals surface area contributed by atoms with Gasteiger partial charge in [0.2, 0.25) is 0 Å². The second-order valence-electron chi connectivity index (χ2n) is 3.82. The molecule has 0 bridgehead atoms. The predicted molar refractivity (Wildman–Crippen MR) is 77.9 cm³/mol. The van der Waals surface area contributed by atoms with Crippen molar-refractivity contribution >= 4 is 44.8 Å². The SMILES string of the molecule is Nc1cc(C(=O)Nc2ccc(F)c(Cl)c2)ccc1Br. The summed E-state index contributed by atoms with van der Waals surface area (Å²) in [6.45, 7) is 0. The maximum absolute atomic E-state index is 13.0. The Hall–Kier alpha value is -1.59. The number of hydrogen-bond acceptors (Lipinski definition) is 2. The first-order chi connectivity index (χ1) is 8.97. The molecule has 0 saturated carbocycles. The van der Waals surface area contributed by atoms with E-state index in [4.69, 9.17) is 17.3 Å². The molecular formula is C13H9BrClFN2O. The predicted octanol–water partition coefficient (Wildman–Crippen LogP) is 4.08. The zero-order valence-electron chi connectivity index (χ0n) is 9.58. The smallest absolute Gasteiger partial charge is 0.255 e. The molecule has 0 fully saturated rings. The highest BCUT2D eigenvalue weighted by Crippen LogP contribution is 2.22. The van der Waals surface area contributed by atoms with E-state index in [1.54, 1.807) is 18.2 Å². The standard InChI is InChI=1S/C13H9BrClFN2O/c14-9-3-1-7(5-12(9)17)13(19)18-8-2-4-11(16)10(15)6-8/h1-6H,17H2,(H,18,19). The Bertz CT molecular complexity index is 649. The van der Waals surface area contributed by atoms with E-state index >= 15 is 0 Å². The number of nitrogens with two attached hydrogens (primary N) is 1. The number of nitrogen functional groups attached to an aromatic ring is 1. The molecule has 3 N–H and O–H groups in total. The third kappa shape index (κ3) is 3.24. The van der Waals surface area contributed by atoms with Gasteiger partial charge in [-0.15, -0.1) is 0 Å². The van der Waals surface area contributed by atoms with Gasteiger partial charge in [-0.25, -0.2) is 4.39 Å². The van der Waals surface area contributed by atoms with Crippen LogP contribution in [0.1, 0.15) is 10.4 Å². The lowest BCUT2D eigenvalue weighted by Gasteiger charge is -2.07. The maximum Gasteiger partial charge on any atom is 0.255 e. The van der Waals surface area contributed by atoms with E-state index < -0.39 is 5.82 Å². The minimum atomic E-state index is -0.535. The summed E-state index contributed by atoms with van der Waals surface area (Å²) in [5, 5.41) is 2.56. The molecule has 0 heterocycles. The van der Waals surface area contributed by atoms with Gasteiger partial charge in [0.1, 0.15) is 5.82 Å². The first kappa shape index (κ1) is 13.8. The van der Waals surface area contributed by atoms with E-state index in [9.17, 15) is 9.18 Å². The van der Waals surface area contributed by atoms with Crippen molar-refractivity contribution in [3.05, 3.63) is 57.3 Å². The Morgan fingerprint density at radius 2 is 2.00 bits per heavy atom. The van der Waals surface area contributed by atoms with Gasteiger partial charge in [0.05, 0.1) is 5.02 Å². The van der Waals surface area contributed by atoms with Gasteiger partial charge < -0.3 is 11.1 Å². The molecule has 6 heteroatoms. The first-order valence-electron chi connectivity index (χ1n) is 5.29. The Kier molecular flexibility index (Phi) is 4.07. The van der Waals surface area contributed by atoms with Crippen molar-refractivity contribution in [3.63, 3.8) is 0 Å². The molecule has 0 unspecified atom stereocenters. The molecule has 0 saturated heterocycles. The number of nitrogens with one attached hydrogen (secondary N) is 1. The molecule has 2 aromatic rings. The molecule has 2 aromatic carbocycles. The number of hydrogen-bond donors (Lipinski definition) is 2. The summed E-state index contributed by atoms with van der Waals surface area (Å²) in [6, 6.07) is 8.82. The van der Waals surface area contributed by atoms with Crippen LogP contribution >= 0.6 is 27.5 Å². The fraction of sp³-hybridized carbons (Fsp3) is 0. The fourth-order valence-electron chi connectivity index (χ4n) is 1.46. The molecule has 0 atom stereocenters. The monoisotopic (exact) mass is 342 g/mol. The second-order valence-corrected chi connectivity index (χ2v) is 5.08. The van der Waals surface area contributed by atoms with Crippen LogP contribution in [0.2, 0.25) is 5.02 Å². The minimum Gasteiger partial charge on any atom is -0.398 e. The van der Waals surface area contributed by atoms with E-state index in [1.807, 2.05) is 0 Å². The second kappa shape index (κ2) is 5.59. The number of anilines is 2. The topological polar surface area (TPSA) is 55.1 Å². The lowest BCUT2D eigenvalue weighted by Crippen LogP contribution is -2.12. The highest BCUT2D eigenvalue weighted by molar-refractivity contribution is 9.10. The minimum absolute atomic E-state index is 0.0480.